The van der Waals surface area contributed by atoms with Crippen LogP contribution in [0.15, 0.2) is 18.2 Å². The van der Waals surface area contributed by atoms with Gasteiger partial charge in [0.15, 0.2) is 6.61 Å². The molecule has 0 unspecified atom stereocenters. The minimum absolute atomic E-state index is 0.343. The standard InChI is InChI=1S/C10H7F4NO2/c11-6-1-5(2-7(12)3-6)8-10(13,14)4-17-9(16)15-8/h1-3,8H,4H2,(H,15,16)/t8-/m1/s1. The van der Waals surface area contributed by atoms with Crippen LogP contribution in [0.5, 0.6) is 0 Å². The third-order valence-electron chi connectivity index (χ3n) is 2.30. The number of carbonyl (C=O) groups excluding carboxylic acids is 1. The number of carbonyl (C=O) groups is 1. The van der Waals surface area contributed by atoms with E-state index in [1.54, 1.807) is 0 Å². The molecule has 7 heteroatoms. The molecule has 0 bridgehead atoms. The summed E-state index contributed by atoms with van der Waals surface area (Å²) in [6, 6.07) is 0.248. The molecule has 1 aliphatic heterocycles. The Bertz CT molecular complexity index is 443. The second-order valence-corrected chi connectivity index (χ2v) is 3.62. The number of halogens is 4. The monoisotopic (exact) mass is 249 g/mol. The summed E-state index contributed by atoms with van der Waals surface area (Å²) >= 11 is 0. The highest BCUT2D eigenvalue weighted by Gasteiger charge is 2.47. The number of benzene rings is 1. The van der Waals surface area contributed by atoms with Crippen LogP contribution in [0.3, 0.4) is 0 Å². The molecule has 1 aliphatic rings. The Morgan fingerprint density at radius 1 is 1.24 bits per heavy atom. The Morgan fingerprint density at radius 3 is 2.41 bits per heavy atom. The van der Waals surface area contributed by atoms with Crippen molar-refractivity contribution >= 4 is 6.09 Å². The molecule has 2 rings (SSSR count). The van der Waals surface area contributed by atoms with Gasteiger partial charge in [-0.1, -0.05) is 0 Å². The molecule has 1 atom stereocenters. The van der Waals surface area contributed by atoms with Gasteiger partial charge in [-0.15, -0.1) is 0 Å². The first-order chi connectivity index (χ1) is 7.88. The lowest BCUT2D eigenvalue weighted by molar-refractivity contribution is -0.104. The van der Waals surface area contributed by atoms with Crippen molar-refractivity contribution in [1.82, 2.24) is 5.32 Å². The maximum Gasteiger partial charge on any atom is 0.408 e. The highest BCUT2D eigenvalue weighted by atomic mass is 19.3. The van der Waals surface area contributed by atoms with E-state index in [1.807, 2.05) is 5.32 Å². The van der Waals surface area contributed by atoms with Crippen LogP contribution in [0.1, 0.15) is 11.6 Å². The fraction of sp³-hybridized carbons (Fsp3) is 0.300. The largest absolute Gasteiger partial charge is 0.443 e. The number of cyclic esters (lactones) is 1. The summed E-state index contributed by atoms with van der Waals surface area (Å²) < 4.78 is 56.7. The van der Waals surface area contributed by atoms with Gasteiger partial charge in [-0.25, -0.2) is 22.4 Å². The van der Waals surface area contributed by atoms with E-state index in [9.17, 15) is 22.4 Å². The number of nitrogens with one attached hydrogen (secondary N) is 1. The third kappa shape index (κ3) is 2.32. The van der Waals surface area contributed by atoms with E-state index < -0.39 is 36.3 Å². The average Bonchev–Trinajstić information content (AvgIpc) is 2.20. The lowest BCUT2D eigenvalue weighted by atomic mass is 10.00. The lowest BCUT2D eigenvalue weighted by Crippen LogP contribution is -2.49. The zero-order valence-electron chi connectivity index (χ0n) is 8.34. The summed E-state index contributed by atoms with van der Waals surface area (Å²) in [6.45, 7) is -1.12. The normalized spacial score (nSPS) is 22.8. The van der Waals surface area contributed by atoms with E-state index in [4.69, 9.17) is 0 Å². The predicted octanol–water partition coefficient (Wildman–Crippen LogP) is 2.38. The molecule has 0 aromatic heterocycles. The molecule has 0 saturated carbocycles. The van der Waals surface area contributed by atoms with Crippen LogP contribution in [0.2, 0.25) is 0 Å². The number of alkyl carbamates (subject to hydrolysis) is 1. The van der Waals surface area contributed by atoms with E-state index in [1.165, 1.54) is 0 Å². The molecule has 17 heavy (non-hydrogen) atoms. The Hall–Kier alpha value is -1.79. The quantitative estimate of drug-likeness (QED) is 0.776. The van der Waals surface area contributed by atoms with Gasteiger partial charge in [-0.05, 0) is 17.7 Å². The van der Waals surface area contributed by atoms with Gasteiger partial charge in [0.2, 0.25) is 0 Å². The van der Waals surface area contributed by atoms with Crippen LogP contribution >= 0.6 is 0 Å². The van der Waals surface area contributed by atoms with Crippen molar-refractivity contribution in [2.75, 3.05) is 6.61 Å². The van der Waals surface area contributed by atoms with Gasteiger partial charge < -0.3 is 10.1 Å². The van der Waals surface area contributed by atoms with E-state index in [-0.39, 0.29) is 5.56 Å². The van der Waals surface area contributed by atoms with Gasteiger partial charge in [0.1, 0.15) is 17.7 Å². The third-order valence-corrected chi connectivity index (χ3v) is 2.30. The highest BCUT2D eigenvalue weighted by Crippen LogP contribution is 2.34. The van der Waals surface area contributed by atoms with Gasteiger partial charge in [0.05, 0.1) is 0 Å². The molecule has 92 valence electrons. The summed E-state index contributed by atoms with van der Waals surface area (Å²) in [6.07, 6.45) is -1.05. The predicted molar refractivity (Wildman–Crippen MR) is 48.5 cm³/mol. The molecule has 0 aliphatic carbocycles. The van der Waals surface area contributed by atoms with Crippen LogP contribution in [0, 0.1) is 11.6 Å². The van der Waals surface area contributed by atoms with E-state index in [2.05, 4.69) is 4.74 Å². The van der Waals surface area contributed by atoms with Gasteiger partial charge >= 0.3 is 12.0 Å². The van der Waals surface area contributed by atoms with E-state index in [0.29, 0.717) is 6.07 Å². The minimum Gasteiger partial charge on any atom is -0.443 e. The second kappa shape index (κ2) is 3.90. The number of ether oxygens (including phenoxy) is 1. The Kier molecular flexibility index (Phi) is 2.68. The van der Waals surface area contributed by atoms with Gasteiger partial charge in [-0.2, -0.15) is 0 Å². The number of alkyl halides is 2. The van der Waals surface area contributed by atoms with Crippen LogP contribution in [-0.2, 0) is 4.74 Å². The maximum atomic E-state index is 13.4. The van der Waals surface area contributed by atoms with Crippen LogP contribution in [0.4, 0.5) is 22.4 Å². The first kappa shape index (κ1) is 11.7. The van der Waals surface area contributed by atoms with Crippen molar-refractivity contribution in [2.45, 2.75) is 12.0 Å². The smallest absolute Gasteiger partial charge is 0.408 e. The lowest BCUT2D eigenvalue weighted by Gasteiger charge is -2.31. The van der Waals surface area contributed by atoms with Crippen molar-refractivity contribution in [3.8, 4) is 0 Å². The fourth-order valence-electron chi connectivity index (χ4n) is 1.58. The number of rotatable bonds is 1. The summed E-state index contributed by atoms with van der Waals surface area (Å²) in [5, 5.41) is 1.83. The van der Waals surface area contributed by atoms with Crippen LogP contribution in [0.25, 0.3) is 0 Å². The van der Waals surface area contributed by atoms with Crippen molar-refractivity contribution in [1.29, 1.82) is 0 Å². The van der Waals surface area contributed by atoms with E-state index >= 15 is 0 Å². The molecule has 1 amide bonds. The minimum atomic E-state index is -3.42. The summed E-state index contributed by atoms with van der Waals surface area (Å²) in [4.78, 5) is 10.9. The fourth-order valence-corrected chi connectivity index (χ4v) is 1.58. The molecule has 0 radical (unpaired) electrons. The van der Waals surface area contributed by atoms with Crippen LogP contribution < -0.4 is 5.32 Å². The molecule has 1 aromatic carbocycles. The number of hydrogen-bond donors (Lipinski definition) is 1. The van der Waals surface area contributed by atoms with Gasteiger partial charge in [0, 0.05) is 6.07 Å². The zero-order valence-corrected chi connectivity index (χ0v) is 8.34. The Balaban J connectivity index is 2.39. The number of amides is 1. The topological polar surface area (TPSA) is 38.3 Å². The molecular weight excluding hydrogens is 242 g/mol. The van der Waals surface area contributed by atoms with Gasteiger partial charge in [0.25, 0.3) is 0 Å². The van der Waals surface area contributed by atoms with Crippen molar-refractivity contribution in [3.05, 3.63) is 35.4 Å². The molecule has 1 N–H and O–H groups in total. The highest BCUT2D eigenvalue weighted by molar-refractivity contribution is 5.69. The Morgan fingerprint density at radius 2 is 1.82 bits per heavy atom. The zero-order chi connectivity index (χ0) is 12.6. The first-order valence-corrected chi connectivity index (χ1v) is 4.65. The number of hydrogen-bond acceptors (Lipinski definition) is 2. The summed E-state index contributed by atoms with van der Waals surface area (Å²) in [7, 11) is 0. The van der Waals surface area contributed by atoms with Crippen molar-refractivity contribution in [2.24, 2.45) is 0 Å². The summed E-state index contributed by atoms with van der Waals surface area (Å²) in [5.41, 5.74) is -0.343. The van der Waals surface area contributed by atoms with Crippen molar-refractivity contribution in [3.63, 3.8) is 0 Å². The SMILES string of the molecule is O=C1N[C@H](c2cc(F)cc(F)c2)C(F)(F)CO1. The van der Waals surface area contributed by atoms with Gasteiger partial charge in [-0.3, -0.25) is 0 Å². The molecule has 1 fully saturated rings. The molecule has 1 aromatic rings. The average molecular weight is 249 g/mol. The van der Waals surface area contributed by atoms with Crippen molar-refractivity contribution < 1.29 is 27.1 Å². The maximum absolute atomic E-state index is 13.4. The van der Waals surface area contributed by atoms with Crippen LogP contribution in [-0.4, -0.2) is 18.6 Å². The molecule has 3 nitrogen and oxygen atoms in total. The molecule has 1 heterocycles. The Labute approximate surface area is 93.4 Å². The molecule has 0 spiro atoms. The molecule has 1 saturated heterocycles. The van der Waals surface area contributed by atoms with E-state index in [0.717, 1.165) is 12.1 Å². The summed E-state index contributed by atoms with van der Waals surface area (Å²) in [5.74, 6) is -5.40. The molecular formula is C10H7F4NO2. The first-order valence-electron chi connectivity index (χ1n) is 4.65. The second-order valence-electron chi connectivity index (χ2n) is 3.62.